The zero-order chi connectivity index (χ0) is 20.7. The van der Waals surface area contributed by atoms with Crippen LogP contribution in [0.4, 0.5) is 21.5 Å². The molecule has 160 valence electrons. The van der Waals surface area contributed by atoms with E-state index >= 15 is 0 Å². The number of hydrogen-bond acceptors (Lipinski definition) is 4. The van der Waals surface area contributed by atoms with E-state index in [9.17, 15) is 12.8 Å². The van der Waals surface area contributed by atoms with Crippen molar-refractivity contribution in [2.45, 2.75) is 19.3 Å². The minimum absolute atomic E-state index is 0.211. The zero-order valence-electron chi connectivity index (χ0n) is 17.0. The Bertz CT molecular complexity index is 1020. The molecule has 6 nitrogen and oxygen atoms in total. The largest absolute Gasteiger partial charge is 0.369 e. The van der Waals surface area contributed by atoms with Crippen LogP contribution in [0.25, 0.3) is 0 Å². The highest BCUT2D eigenvalue weighted by Crippen LogP contribution is 2.45. The predicted octanol–water partition coefficient (Wildman–Crippen LogP) is 2.86. The standard InChI is InChI=1S/C22H27FN4O2S/c23-19-7-9-20(10-8-19)25-16-14-24(15-17-25)11-3-13-26-21-6-1-4-18-5-2-12-27(22(18)21)30(26,28)29/h1,4,6-10H,2-3,5,11-17H2. The second-order valence-corrected chi connectivity index (χ2v) is 9.98. The molecule has 3 aliphatic heterocycles. The molecule has 0 aliphatic carbocycles. The molecule has 0 saturated carbocycles. The van der Waals surface area contributed by atoms with Crippen molar-refractivity contribution in [1.29, 1.82) is 0 Å². The van der Waals surface area contributed by atoms with Gasteiger partial charge in [-0.2, -0.15) is 8.42 Å². The van der Waals surface area contributed by atoms with Gasteiger partial charge >= 0.3 is 10.2 Å². The van der Waals surface area contributed by atoms with Gasteiger partial charge in [0.05, 0.1) is 11.4 Å². The van der Waals surface area contributed by atoms with Crippen LogP contribution in [0.5, 0.6) is 0 Å². The number of piperazine rings is 1. The van der Waals surface area contributed by atoms with Gasteiger partial charge in [0.25, 0.3) is 0 Å². The average molecular weight is 431 g/mol. The third kappa shape index (κ3) is 3.41. The van der Waals surface area contributed by atoms with Gasteiger partial charge in [0.2, 0.25) is 0 Å². The fourth-order valence-corrected chi connectivity index (χ4v) is 6.62. The first-order chi connectivity index (χ1) is 14.5. The van der Waals surface area contributed by atoms with Gasteiger partial charge in [-0.05, 0) is 55.2 Å². The highest BCUT2D eigenvalue weighted by molar-refractivity contribution is 7.94. The van der Waals surface area contributed by atoms with Crippen molar-refractivity contribution in [2.24, 2.45) is 0 Å². The van der Waals surface area contributed by atoms with Crippen LogP contribution in [0.3, 0.4) is 0 Å². The molecule has 2 aromatic carbocycles. The summed E-state index contributed by atoms with van der Waals surface area (Å²) in [7, 11) is -3.45. The Morgan fingerprint density at radius 1 is 0.900 bits per heavy atom. The third-order valence-electron chi connectivity index (χ3n) is 6.38. The summed E-state index contributed by atoms with van der Waals surface area (Å²) < 4.78 is 42.5. The van der Waals surface area contributed by atoms with Crippen LogP contribution in [0, 0.1) is 5.82 Å². The lowest BCUT2D eigenvalue weighted by Crippen LogP contribution is -2.47. The summed E-state index contributed by atoms with van der Waals surface area (Å²) in [6.45, 7) is 5.61. The van der Waals surface area contributed by atoms with E-state index in [1.807, 2.05) is 30.3 Å². The van der Waals surface area contributed by atoms with Gasteiger partial charge in [-0.15, -0.1) is 0 Å². The summed E-state index contributed by atoms with van der Waals surface area (Å²) in [5.41, 5.74) is 3.93. The molecule has 0 N–H and O–H groups in total. The fourth-order valence-electron chi connectivity index (χ4n) is 4.82. The number of hydrogen-bond donors (Lipinski definition) is 0. The smallest absolute Gasteiger partial charge is 0.326 e. The van der Waals surface area contributed by atoms with Crippen molar-refractivity contribution in [3.63, 3.8) is 0 Å². The molecule has 0 amide bonds. The van der Waals surface area contributed by atoms with Crippen LogP contribution in [-0.4, -0.2) is 59.1 Å². The van der Waals surface area contributed by atoms with Crippen LogP contribution >= 0.6 is 0 Å². The van der Waals surface area contributed by atoms with Crippen molar-refractivity contribution in [3.8, 4) is 0 Å². The van der Waals surface area contributed by atoms with Crippen LogP contribution in [-0.2, 0) is 16.6 Å². The quantitative estimate of drug-likeness (QED) is 0.732. The summed E-state index contributed by atoms with van der Waals surface area (Å²) in [5.74, 6) is -0.211. The van der Waals surface area contributed by atoms with Crippen molar-refractivity contribution in [3.05, 3.63) is 53.8 Å². The topological polar surface area (TPSA) is 47.1 Å². The summed E-state index contributed by atoms with van der Waals surface area (Å²) in [6, 6.07) is 12.6. The molecule has 0 spiro atoms. The van der Waals surface area contributed by atoms with E-state index in [0.29, 0.717) is 13.1 Å². The Labute approximate surface area is 177 Å². The van der Waals surface area contributed by atoms with E-state index in [1.165, 1.54) is 12.1 Å². The molecule has 1 fully saturated rings. The maximum absolute atomic E-state index is 13.1. The number of rotatable bonds is 5. The lowest BCUT2D eigenvalue weighted by atomic mass is 10.0. The molecule has 5 rings (SSSR count). The van der Waals surface area contributed by atoms with Crippen molar-refractivity contribution in [2.75, 3.05) is 59.3 Å². The van der Waals surface area contributed by atoms with Crippen LogP contribution in [0.2, 0.25) is 0 Å². The Hall–Kier alpha value is -2.32. The molecule has 0 atom stereocenters. The molecule has 0 aromatic heterocycles. The highest BCUT2D eigenvalue weighted by atomic mass is 32.2. The minimum Gasteiger partial charge on any atom is -0.369 e. The maximum atomic E-state index is 13.1. The van der Waals surface area contributed by atoms with E-state index in [0.717, 1.165) is 74.6 Å². The van der Waals surface area contributed by atoms with Crippen LogP contribution < -0.4 is 13.5 Å². The number of aryl methyl sites for hydroxylation is 1. The number of anilines is 3. The lowest BCUT2D eigenvalue weighted by molar-refractivity contribution is 0.256. The lowest BCUT2D eigenvalue weighted by Gasteiger charge is -2.36. The van der Waals surface area contributed by atoms with Crippen LogP contribution in [0.1, 0.15) is 18.4 Å². The zero-order valence-corrected chi connectivity index (χ0v) is 17.8. The number of halogens is 1. The molecular formula is C22H27FN4O2S. The number of para-hydroxylation sites is 1. The minimum atomic E-state index is -3.45. The fraction of sp³-hybridized carbons (Fsp3) is 0.455. The highest BCUT2D eigenvalue weighted by Gasteiger charge is 2.42. The van der Waals surface area contributed by atoms with E-state index in [-0.39, 0.29) is 5.82 Å². The number of benzene rings is 2. The molecule has 0 bridgehead atoms. The van der Waals surface area contributed by atoms with Crippen LogP contribution in [0.15, 0.2) is 42.5 Å². The molecule has 0 radical (unpaired) electrons. The van der Waals surface area contributed by atoms with Gasteiger partial charge in [0, 0.05) is 51.5 Å². The SMILES string of the molecule is O=S1(=O)N(CCCN2CCN(c3ccc(F)cc3)CC2)c2cccc3c2N1CCC3. The Kier molecular flexibility index (Phi) is 5.06. The van der Waals surface area contributed by atoms with Gasteiger partial charge in [0.1, 0.15) is 5.82 Å². The molecule has 3 heterocycles. The van der Waals surface area contributed by atoms with Crippen molar-refractivity contribution < 1.29 is 12.8 Å². The molecule has 30 heavy (non-hydrogen) atoms. The van der Waals surface area contributed by atoms with Gasteiger partial charge in [-0.25, -0.2) is 4.39 Å². The Balaban J connectivity index is 1.18. The molecule has 8 heteroatoms. The van der Waals surface area contributed by atoms with E-state index in [4.69, 9.17) is 0 Å². The second-order valence-electron chi connectivity index (χ2n) is 8.20. The first kappa shape index (κ1) is 19.6. The summed E-state index contributed by atoms with van der Waals surface area (Å²) in [6.07, 6.45) is 2.62. The molecular weight excluding hydrogens is 403 g/mol. The average Bonchev–Trinajstić information content (AvgIpc) is 2.98. The normalized spacial score (nSPS) is 20.5. The molecule has 0 unspecified atom stereocenters. The monoisotopic (exact) mass is 430 g/mol. The second kappa shape index (κ2) is 7.74. The number of nitrogens with zero attached hydrogens (tertiary/aromatic N) is 4. The summed E-state index contributed by atoms with van der Waals surface area (Å²) >= 11 is 0. The van der Waals surface area contributed by atoms with Crippen molar-refractivity contribution in [1.82, 2.24) is 4.90 Å². The first-order valence-electron chi connectivity index (χ1n) is 10.7. The van der Waals surface area contributed by atoms with E-state index < -0.39 is 10.2 Å². The van der Waals surface area contributed by atoms with E-state index in [1.54, 1.807) is 8.61 Å². The third-order valence-corrected chi connectivity index (χ3v) is 8.24. The van der Waals surface area contributed by atoms with Gasteiger partial charge in [-0.1, -0.05) is 12.1 Å². The van der Waals surface area contributed by atoms with E-state index in [2.05, 4.69) is 9.80 Å². The first-order valence-corrected chi connectivity index (χ1v) is 12.1. The van der Waals surface area contributed by atoms with Gasteiger partial charge < -0.3 is 4.90 Å². The van der Waals surface area contributed by atoms with Gasteiger partial charge in [-0.3, -0.25) is 13.5 Å². The molecule has 1 saturated heterocycles. The Morgan fingerprint density at radius 3 is 2.43 bits per heavy atom. The molecule has 2 aromatic rings. The Morgan fingerprint density at radius 2 is 1.67 bits per heavy atom. The van der Waals surface area contributed by atoms with Crippen molar-refractivity contribution >= 4 is 27.3 Å². The predicted molar refractivity (Wildman–Crippen MR) is 118 cm³/mol. The van der Waals surface area contributed by atoms with Gasteiger partial charge in [0.15, 0.2) is 0 Å². The summed E-state index contributed by atoms with van der Waals surface area (Å²) in [5, 5.41) is 0. The maximum Gasteiger partial charge on any atom is 0.326 e. The summed E-state index contributed by atoms with van der Waals surface area (Å²) in [4.78, 5) is 4.65. The molecule has 3 aliphatic rings.